The zero-order valence-electron chi connectivity index (χ0n) is 10.8. The Hall–Kier alpha value is -1.92. The lowest BCUT2D eigenvalue weighted by Crippen LogP contribution is -2.30. The first-order valence-corrected chi connectivity index (χ1v) is 5.92. The molecule has 0 radical (unpaired) electrons. The molecule has 0 aliphatic rings. The molecule has 19 heavy (non-hydrogen) atoms. The quantitative estimate of drug-likeness (QED) is 0.596. The van der Waals surface area contributed by atoms with Crippen LogP contribution >= 0.6 is 0 Å². The Kier molecular flexibility index (Phi) is 6.56. The van der Waals surface area contributed by atoms with Crippen molar-refractivity contribution in [1.82, 2.24) is 5.32 Å². The predicted molar refractivity (Wildman–Crippen MR) is 71.2 cm³/mol. The van der Waals surface area contributed by atoms with Crippen LogP contribution in [0.5, 0.6) is 0 Å². The van der Waals surface area contributed by atoms with E-state index < -0.39 is 5.97 Å². The van der Waals surface area contributed by atoms with Crippen molar-refractivity contribution in [3.8, 4) is 0 Å². The van der Waals surface area contributed by atoms with Gasteiger partial charge in [0.1, 0.15) is 0 Å². The number of hydrogen-bond acceptors (Lipinski definition) is 4. The van der Waals surface area contributed by atoms with Gasteiger partial charge in [0, 0.05) is 19.3 Å². The Morgan fingerprint density at radius 1 is 1.26 bits per heavy atom. The number of amides is 1. The van der Waals surface area contributed by atoms with Gasteiger partial charge in [-0.05, 0) is 17.7 Å². The second-order valence-electron chi connectivity index (χ2n) is 3.99. The third-order valence-corrected chi connectivity index (χ3v) is 2.36. The molecule has 6 heteroatoms. The van der Waals surface area contributed by atoms with E-state index in [1.165, 1.54) is 0 Å². The molecule has 0 aromatic heterocycles. The molecule has 0 aliphatic carbocycles. The number of aliphatic carboxylic acids is 1. The molecule has 0 aliphatic heterocycles. The van der Waals surface area contributed by atoms with E-state index in [2.05, 4.69) is 10.6 Å². The highest BCUT2D eigenvalue weighted by Gasteiger charge is 2.03. The summed E-state index contributed by atoms with van der Waals surface area (Å²) in [6.45, 7) is 1.37. The number of carboxylic acids is 1. The summed E-state index contributed by atoms with van der Waals surface area (Å²) in [5, 5.41) is 14.3. The van der Waals surface area contributed by atoms with Crippen molar-refractivity contribution in [3.05, 3.63) is 29.8 Å². The van der Waals surface area contributed by atoms with Crippen LogP contribution in [-0.2, 0) is 20.7 Å². The van der Waals surface area contributed by atoms with Crippen molar-refractivity contribution < 1.29 is 19.4 Å². The fourth-order valence-corrected chi connectivity index (χ4v) is 1.46. The van der Waals surface area contributed by atoms with E-state index in [1.54, 1.807) is 31.4 Å². The van der Waals surface area contributed by atoms with Crippen molar-refractivity contribution in [2.24, 2.45) is 0 Å². The largest absolute Gasteiger partial charge is 0.481 e. The van der Waals surface area contributed by atoms with Crippen LogP contribution in [0.25, 0.3) is 0 Å². The molecule has 0 fully saturated rings. The summed E-state index contributed by atoms with van der Waals surface area (Å²) in [6.07, 6.45) is -0.0210. The minimum Gasteiger partial charge on any atom is -0.481 e. The maximum absolute atomic E-state index is 11.5. The summed E-state index contributed by atoms with van der Waals surface area (Å²) in [6, 6.07) is 6.74. The fraction of sp³-hybridized carbons (Fsp3) is 0.385. The molecule has 0 heterocycles. The predicted octanol–water partition coefficient (Wildman–Crippen LogP) is 0.488. The molecule has 0 saturated carbocycles. The van der Waals surface area contributed by atoms with Crippen molar-refractivity contribution in [3.63, 3.8) is 0 Å². The number of carboxylic acid groups (broad SMARTS) is 1. The maximum Gasteiger partial charge on any atom is 0.307 e. The Bertz CT molecular complexity index is 417. The molecule has 1 aromatic rings. The highest BCUT2D eigenvalue weighted by molar-refractivity contribution is 5.92. The Morgan fingerprint density at radius 2 is 1.95 bits per heavy atom. The summed E-state index contributed by atoms with van der Waals surface area (Å²) in [7, 11) is 1.60. The molecule has 0 unspecified atom stereocenters. The molecular weight excluding hydrogens is 248 g/mol. The highest BCUT2D eigenvalue weighted by atomic mass is 16.5. The summed E-state index contributed by atoms with van der Waals surface area (Å²) >= 11 is 0. The summed E-state index contributed by atoms with van der Waals surface area (Å²) in [4.78, 5) is 22.0. The van der Waals surface area contributed by atoms with Gasteiger partial charge in [-0.1, -0.05) is 12.1 Å². The first-order valence-electron chi connectivity index (χ1n) is 5.92. The minimum atomic E-state index is -0.876. The minimum absolute atomic E-state index is 0.0210. The van der Waals surface area contributed by atoms with Crippen LogP contribution in [0, 0.1) is 0 Å². The first kappa shape index (κ1) is 15.1. The number of carbonyl (C=O) groups is 2. The molecule has 0 saturated heterocycles. The van der Waals surface area contributed by atoms with E-state index in [4.69, 9.17) is 9.84 Å². The summed E-state index contributed by atoms with van der Waals surface area (Å²) < 4.78 is 4.84. The van der Waals surface area contributed by atoms with Gasteiger partial charge in [0.05, 0.1) is 19.6 Å². The third-order valence-electron chi connectivity index (χ3n) is 2.36. The molecular formula is C13H18N2O4. The van der Waals surface area contributed by atoms with Gasteiger partial charge in [-0.25, -0.2) is 0 Å². The Balaban J connectivity index is 2.36. The van der Waals surface area contributed by atoms with Gasteiger partial charge in [0.15, 0.2) is 0 Å². The second-order valence-corrected chi connectivity index (χ2v) is 3.99. The number of rotatable bonds is 8. The molecule has 1 rings (SSSR count). The molecule has 0 bridgehead atoms. The Labute approximate surface area is 111 Å². The van der Waals surface area contributed by atoms with Crippen LogP contribution in [0.3, 0.4) is 0 Å². The van der Waals surface area contributed by atoms with Crippen molar-refractivity contribution in [2.45, 2.75) is 6.42 Å². The highest BCUT2D eigenvalue weighted by Crippen LogP contribution is 2.09. The summed E-state index contributed by atoms with van der Waals surface area (Å²) in [5.41, 5.74) is 1.34. The van der Waals surface area contributed by atoms with Gasteiger partial charge in [-0.3, -0.25) is 9.59 Å². The average Bonchev–Trinajstić information content (AvgIpc) is 2.36. The van der Waals surface area contributed by atoms with Gasteiger partial charge >= 0.3 is 5.97 Å². The lowest BCUT2D eigenvalue weighted by Gasteiger charge is -2.07. The number of anilines is 1. The number of methoxy groups -OCH3 is 1. The average molecular weight is 266 g/mol. The SMILES string of the molecule is COCCNCC(=O)Nc1ccc(CC(=O)O)cc1. The van der Waals surface area contributed by atoms with E-state index >= 15 is 0 Å². The van der Waals surface area contributed by atoms with Gasteiger partial charge < -0.3 is 20.5 Å². The molecule has 0 spiro atoms. The third kappa shape index (κ3) is 6.54. The van der Waals surface area contributed by atoms with Gasteiger partial charge in [0.2, 0.25) is 5.91 Å². The summed E-state index contributed by atoms with van der Waals surface area (Å²) in [5.74, 6) is -1.03. The van der Waals surface area contributed by atoms with Crippen LogP contribution in [0.15, 0.2) is 24.3 Å². The van der Waals surface area contributed by atoms with E-state index in [-0.39, 0.29) is 18.9 Å². The van der Waals surface area contributed by atoms with Crippen LogP contribution in [0.4, 0.5) is 5.69 Å². The van der Waals surface area contributed by atoms with Crippen molar-refractivity contribution in [1.29, 1.82) is 0 Å². The monoisotopic (exact) mass is 266 g/mol. The van der Waals surface area contributed by atoms with Gasteiger partial charge in [-0.2, -0.15) is 0 Å². The molecule has 6 nitrogen and oxygen atoms in total. The fourth-order valence-electron chi connectivity index (χ4n) is 1.46. The topological polar surface area (TPSA) is 87.7 Å². The molecule has 1 amide bonds. The number of nitrogens with one attached hydrogen (secondary N) is 2. The molecule has 1 aromatic carbocycles. The molecule has 104 valence electrons. The lowest BCUT2D eigenvalue weighted by atomic mass is 10.1. The van der Waals surface area contributed by atoms with Crippen molar-refractivity contribution in [2.75, 3.05) is 32.1 Å². The van der Waals surface area contributed by atoms with Gasteiger partial charge in [-0.15, -0.1) is 0 Å². The van der Waals surface area contributed by atoms with Crippen LogP contribution in [-0.4, -0.2) is 43.8 Å². The normalized spacial score (nSPS) is 10.2. The maximum atomic E-state index is 11.5. The van der Waals surface area contributed by atoms with E-state index in [0.717, 1.165) is 0 Å². The smallest absolute Gasteiger partial charge is 0.307 e. The number of carbonyl (C=O) groups excluding carboxylic acids is 1. The molecule has 0 atom stereocenters. The van der Waals surface area contributed by atoms with Gasteiger partial charge in [0.25, 0.3) is 0 Å². The standard InChI is InChI=1S/C13H18N2O4/c1-19-7-6-14-9-12(16)15-11-4-2-10(3-5-11)8-13(17)18/h2-5,14H,6-9H2,1H3,(H,15,16)(H,17,18). The number of benzene rings is 1. The molecule has 3 N–H and O–H groups in total. The van der Waals surface area contributed by atoms with Crippen LogP contribution < -0.4 is 10.6 Å². The first-order chi connectivity index (χ1) is 9.11. The lowest BCUT2D eigenvalue weighted by molar-refractivity contribution is -0.136. The van der Waals surface area contributed by atoms with E-state index in [1.807, 2.05) is 0 Å². The number of hydrogen-bond donors (Lipinski definition) is 3. The zero-order chi connectivity index (χ0) is 14.1. The zero-order valence-corrected chi connectivity index (χ0v) is 10.8. The number of ether oxygens (including phenoxy) is 1. The van der Waals surface area contributed by atoms with Crippen LogP contribution in [0.1, 0.15) is 5.56 Å². The van der Waals surface area contributed by atoms with Crippen molar-refractivity contribution >= 4 is 17.6 Å². The second kappa shape index (κ2) is 8.23. The van der Waals surface area contributed by atoms with E-state index in [9.17, 15) is 9.59 Å². The Morgan fingerprint density at radius 3 is 2.53 bits per heavy atom. The van der Waals surface area contributed by atoms with Crippen LogP contribution in [0.2, 0.25) is 0 Å². The van der Waals surface area contributed by atoms with E-state index in [0.29, 0.717) is 24.4 Å².